The SMILES string of the molecule is COc1ccc(-c2cc(C)no2)cc1S(=O)(=O)CCC(=O)NCc1ccc(N(C)C)cc1. The third kappa shape index (κ3) is 5.67. The fourth-order valence-electron chi connectivity index (χ4n) is 3.11. The van der Waals surface area contributed by atoms with Gasteiger partial charge in [0, 0.05) is 44.4 Å². The van der Waals surface area contributed by atoms with Crippen molar-refractivity contribution in [3.63, 3.8) is 0 Å². The van der Waals surface area contributed by atoms with Crippen molar-refractivity contribution in [1.29, 1.82) is 0 Å². The number of nitrogens with one attached hydrogen (secondary N) is 1. The third-order valence-corrected chi connectivity index (χ3v) is 6.68. The van der Waals surface area contributed by atoms with Crippen molar-refractivity contribution in [2.75, 3.05) is 31.9 Å². The molecule has 170 valence electrons. The maximum atomic E-state index is 13.0. The minimum atomic E-state index is -3.77. The Morgan fingerprint density at radius 1 is 1.12 bits per heavy atom. The van der Waals surface area contributed by atoms with Gasteiger partial charge in [-0.2, -0.15) is 0 Å². The molecule has 1 heterocycles. The van der Waals surface area contributed by atoms with Gasteiger partial charge in [-0.05, 0) is 42.8 Å². The molecule has 2 aromatic carbocycles. The summed E-state index contributed by atoms with van der Waals surface area (Å²) in [4.78, 5) is 14.3. The summed E-state index contributed by atoms with van der Waals surface area (Å²) < 4.78 is 36.4. The van der Waals surface area contributed by atoms with Gasteiger partial charge in [0.1, 0.15) is 10.6 Å². The number of carbonyl (C=O) groups excluding carboxylic acids is 1. The van der Waals surface area contributed by atoms with Crippen LogP contribution in [0.25, 0.3) is 11.3 Å². The summed E-state index contributed by atoms with van der Waals surface area (Å²) in [5.41, 5.74) is 3.25. The summed E-state index contributed by atoms with van der Waals surface area (Å²) in [5, 5.41) is 6.60. The summed E-state index contributed by atoms with van der Waals surface area (Å²) in [6.45, 7) is 2.11. The number of amides is 1. The lowest BCUT2D eigenvalue weighted by Crippen LogP contribution is -2.25. The number of aromatic nitrogens is 1. The first kappa shape index (κ1) is 23.3. The van der Waals surface area contributed by atoms with Crippen LogP contribution in [0.2, 0.25) is 0 Å². The molecule has 3 rings (SSSR count). The second kappa shape index (κ2) is 9.86. The molecule has 0 unspecified atom stereocenters. The van der Waals surface area contributed by atoms with Crippen LogP contribution in [0, 0.1) is 6.92 Å². The van der Waals surface area contributed by atoms with Gasteiger partial charge in [-0.1, -0.05) is 17.3 Å². The molecule has 0 bridgehead atoms. The first-order valence-corrected chi connectivity index (χ1v) is 11.7. The Morgan fingerprint density at radius 2 is 1.84 bits per heavy atom. The molecular formula is C23H27N3O5S. The van der Waals surface area contributed by atoms with E-state index in [1.165, 1.54) is 13.2 Å². The molecule has 0 aliphatic carbocycles. The number of anilines is 1. The number of carbonyl (C=O) groups is 1. The first-order chi connectivity index (χ1) is 15.2. The fraction of sp³-hybridized carbons (Fsp3) is 0.304. The Balaban J connectivity index is 1.65. The molecule has 0 radical (unpaired) electrons. The van der Waals surface area contributed by atoms with Gasteiger partial charge in [0.2, 0.25) is 5.91 Å². The number of benzene rings is 2. The van der Waals surface area contributed by atoms with Crippen LogP contribution in [-0.4, -0.2) is 46.4 Å². The summed E-state index contributed by atoms with van der Waals surface area (Å²) in [6, 6.07) is 14.2. The molecule has 0 saturated carbocycles. The van der Waals surface area contributed by atoms with Gasteiger partial charge in [-0.25, -0.2) is 8.42 Å². The zero-order valence-electron chi connectivity index (χ0n) is 18.6. The number of aryl methyl sites for hydroxylation is 1. The standard InChI is InChI=1S/C23H27N3O5S/c1-16-13-21(31-25-16)18-7-10-20(30-4)22(14-18)32(28,29)12-11-23(27)24-15-17-5-8-19(9-6-17)26(2)3/h5-10,13-14H,11-12,15H2,1-4H3,(H,24,27). The Bertz CT molecular complexity index is 1180. The summed E-state index contributed by atoms with van der Waals surface area (Å²) >= 11 is 0. The van der Waals surface area contributed by atoms with Crippen LogP contribution >= 0.6 is 0 Å². The van der Waals surface area contributed by atoms with E-state index < -0.39 is 9.84 Å². The predicted molar refractivity (Wildman–Crippen MR) is 123 cm³/mol. The van der Waals surface area contributed by atoms with E-state index in [1.54, 1.807) is 25.1 Å². The molecule has 0 aliphatic heterocycles. The van der Waals surface area contributed by atoms with Crippen LogP contribution in [-0.2, 0) is 21.2 Å². The van der Waals surface area contributed by atoms with Gasteiger partial charge >= 0.3 is 0 Å². The normalized spacial score (nSPS) is 11.2. The van der Waals surface area contributed by atoms with E-state index in [1.807, 2.05) is 43.3 Å². The lowest BCUT2D eigenvalue weighted by molar-refractivity contribution is -0.120. The van der Waals surface area contributed by atoms with E-state index >= 15 is 0 Å². The zero-order chi connectivity index (χ0) is 23.3. The predicted octanol–water partition coefficient (Wildman–Crippen LogP) is 3.20. The van der Waals surface area contributed by atoms with E-state index in [9.17, 15) is 13.2 Å². The average molecular weight is 458 g/mol. The lowest BCUT2D eigenvalue weighted by Gasteiger charge is -2.13. The highest BCUT2D eigenvalue weighted by Gasteiger charge is 2.22. The van der Waals surface area contributed by atoms with Crippen molar-refractivity contribution in [3.05, 3.63) is 59.8 Å². The quantitative estimate of drug-likeness (QED) is 0.526. The molecule has 0 aliphatic rings. The fourth-order valence-corrected chi connectivity index (χ4v) is 4.55. The molecule has 1 aromatic heterocycles. The van der Waals surface area contributed by atoms with Crippen molar-refractivity contribution >= 4 is 21.4 Å². The van der Waals surface area contributed by atoms with Crippen LogP contribution < -0.4 is 15.0 Å². The summed E-state index contributed by atoms with van der Waals surface area (Å²) in [7, 11) is 1.54. The molecule has 0 spiro atoms. The molecule has 32 heavy (non-hydrogen) atoms. The van der Waals surface area contributed by atoms with Crippen LogP contribution in [0.4, 0.5) is 5.69 Å². The van der Waals surface area contributed by atoms with Crippen LogP contribution in [0.3, 0.4) is 0 Å². The van der Waals surface area contributed by atoms with E-state index in [0.717, 1.165) is 11.3 Å². The van der Waals surface area contributed by atoms with Crippen LogP contribution in [0.15, 0.2) is 57.9 Å². The number of ether oxygens (including phenoxy) is 1. The number of rotatable bonds is 9. The van der Waals surface area contributed by atoms with E-state index in [2.05, 4.69) is 10.5 Å². The highest BCUT2D eigenvalue weighted by atomic mass is 32.2. The Hall–Kier alpha value is -3.33. The Morgan fingerprint density at radius 3 is 2.44 bits per heavy atom. The van der Waals surface area contributed by atoms with Crippen molar-refractivity contribution in [2.45, 2.75) is 24.8 Å². The summed E-state index contributed by atoms with van der Waals surface area (Å²) in [6.07, 6.45) is -0.160. The van der Waals surface area contributed by atoms with Gasteiger partial charge < -0.3 is 19.5 Å². The van der Waals surface area contributed by atoms with Gasteiger partial charge in [0.05, 0.1) is 18.6 Å². The lowest BCUT2D eigenvalue weighted by atomic mass is 10.1. The topological polar surface area (TPSA) is 102 Å². The van der Waals surface area contributed by atoms with Crippen molar-refractivity contribution in [2.24, 2.45) is 0 Å². The van der Waals surface area contributed by atoms with Gasteiger partial charge in [0.15, 0.2) is 15.6 Å². The molecule has 0 atom stereocenters. The van der Waals surface area contributed by atoms with Crippen molar-refractivity contribution in [3.8, 4) is 17.1 Å². The average Bonchev–Trinajstić information content (AvgIpc) is 3.22. The molecule has 8 nitrogen and oxygen atoms in total. The third-order valence-electron chi connectivity index (χ3n) is 4.95. The monoisotopic (exact) mass is 457 g/mol. The van der Waals surface area contributed by atoms with Gasteiger partial charge in [0.25, 0.3) is 0 Å². The molecule has 1 N–H and O–H groups in total. The van der Waals surface area contributed by atoms with Crippen LogP contribution in [0.5, 0.6) is 5.75 Å². The highest BCUT2D eigenvalue weighted by Crippen LogP contribution is 2.31. The number of methoxy groups -OCH3 is 1. The number of hydrogen-bond donors (Lipinski definition) is 1. The molecule has 9 heteroatoms. The first-order valence-electron chi connectivity index (χ1n) is 10.1. The summed E-state index contributed by atoms with van der Waals surface area (Å²) in [5.74, 6) is -0.00885. The minimum Gasteiger partial charge on any atom is -0.495 e. The molecule has 1 amide bonds. The van der Waals surface area contributed by atoms with E-state index in [0.29, 0.717) is 23.6 Å². The smallest absolute Gasteiger partial charge is 0.221 e. The maximum Gasteiger partial charge on any atom is 0.221 e. The molecule has 0 fully saturated rings. The van der Waals surface area contributed by atoms with E-state index in [4.69, 9.17) is 9.26 Å². The van der Waals surface area contributed by atoms with Crippen molar-refractivity contribution < 1.29 is 22.5 Å². The number of sulfone groups is 1. The number of nitrogens with zero attached hydrogens (tertiary/aromatic N) is 2. The number of hydrogen-bond acceptors (Lipinski definition) is 7. The minimum absolute atomic E-state index is 0.0126. The van der Waals surface area contributed by atoms with Gasteiger partial charge in [-0.3, -0.25) is 4.79 Å². The zero-order valence-corrected chi connectivity index (χ0v) is 19.4. The highest BCUT2D eigenvalue weighted by molar-refractivity contribution is 7.91. The maximum absolute atomic E-state index is 13.0. The van der Waals surface area contributed by atoms with Crippen molar-refractivity contribution in [1.82, 2.24) is 10.5 Å². The molecule has 0 saturated heterocycles. The van der Waals surface area contributed by atoms with E-state index in [-0.39, 0.29) is 28.7 Å². The van der Waals surface area contributed by atoms with Gasteiger partial charge in [-0.15, -0.1) is 0 Å². The molecule has 3 aromatic rings. The second-order valence-corrected chi connectivity index (χ2v) is 9.68. The molecular weight excluding hydrogens is 430 g/mol. The Kier molecular flexibility index (Phi) is 7.19. The second-order valence-electron chi connectivity index (χ2n) is 7.60. The largest absolute Gasteiger partial charge is 0.495 e. The Labute approximate surface area is 188 Å². The van der Waals surface area contributed by atoms with Crippen LogP contribution in [0.1, 0.15) is 17.7 Å².